The molecule has 0 aliphatic carbocycles. The van der Waals surface area contributed by atoms with Gasteiger partial charge in [0.2, 0.25) is 11.6 Å². The number of nitrogens with two attached hydrogens (primary N) is 1. The van der Waals surface area contributed by atoms with Crippen LogP contribution in [0.1, 0.15) is 15.9 Å². The predicted octanol–water partition coefficient (Wildman–Crippen LogP) is -1.45. The highest BCUT2D eigenvalue weighted by Gasteiger charge is 2.58. The van der Waals surface area contributed by atoms with Crippen LogP contribution in [0.15, 0.2) is 11.1 Å². The molecule has 1 aliphatic heterocycles. The molecule has 17 nitrogen and oxygen atoms in total. The zero-order valence-corrected chi connectivity index (χ0v) is 18.1. The fourth-order valence-corrected chi connectivity index (χ4v) is 5.17. The molecule has 2 rings (SSSR count). The summed E-state index contributed by atoms with van der Waals surface area (Å²) >= 11 is 0. The molecule has 0 radical (unpaired) electrons. The molecule has 21 heteroatoms. The highest BCUT2D eigenvalue weighted by molar-refractivity contribution is 7.66. The molecule has 3 unspecified atom stereocenters. The summed E-state index contributed by atoms with van der Waals surface area (Å²) in [7, 11) is -17.8. The second kappa shape index (κ2) is 9.35. The number of ether oxygens (including phenoxy) is 1. The Morgan fingerprint density at radius 2 is 1.97 bits per heavy atom. The molecule has 0 spiro atoms. The maximum Gasteiger partial charge on any atom is 0.490 e. The second-order valence-electron chi connectivity index (χ2n) is 5.70. The molecular formula is C11H16FN4O13P3. The molecule has 0 amide bonds. The van der Waals surface area contributed by atoms with Gasteiger partial charge in [0.1, 0.15) is 18.5 Å². The van der Waals surface area contributed by atoms with Crippen molar-refractivity contribution in [1.29, 1.82) is 0 Å². The van der Waals surface area contributed by atoms with E-state index in [-0.39, 0.29) is 0 Å². The van der Waals surface area contributed by atoms with Crippen molar-refractivity contribution >= 4 is 29.4 Å². The second-order valence-corrected chi connectivity index (χ2v) is 10.0. The normalized spacial score (nSPS) is 30.9. The molecular weight excluding hydrogens is 508 g/mol. The largest absolute Gasteiger partial charge is 0.490 e. The smallest absolute Gasteiger partial charge is 0.386 e. The van der Waals surface area contributed by atoms with Gasteiger partial charge in [-0.3, -0.25) is 9.09 Å². The first-order chi connectivity index (χ1) is 15.2. The van der Waals surface area contributed by atoms with Crippen LogP contribution in [-0.2, 0) is 31.6 Å². The predicted molar refractivity (Wildman–Crippen MR) is 97.7 cm³/mol. The number of aliphatic hydroxyl groups excluding tert-OH is 1. The number of alkyl halides is 1. The van der Waals surface area contributed by atoms with Crippen LogP contribution in [0.25, 0.3) is 0 Å². The van der Waals surface area contributed by atoms with Gasteiger partial charge in [-0.15, -0.1) is 5.92 Å². The molecule has 180 valence electrons. The van der Waals surface area contributed by atoms with E-state index in [9.17, 15) is 28.5 Å². The van der Waals surface area contributed by atoms with Crippen molar-refractivity contribution in [2.24, 2.45) is 0 Å². The lowest BCUT2D eigenvalue weighted by Crippen LogP contribution is -2.44. The first-order valence-electron chi connectivity index (χ1n) is 8.74. The molecule has 0 aromatic carbocycles. The molecule has 1 fully saturated rings. The van der Waals surface area contributed by atoms with E-state index in [0.717, 1.165) is 6.92 Å². The van der Waals surface area contributed by atoms with Crippen molar-refractivity contribution in [3.8, 4) is 11.8 Å². The minimum atomic E-state index is -6.08. The monoisotopic (exact) mass is 526 g/mol. The van der Waals surface area contributed by atoms with Gasteiger partial charge in [0.25, 0.3) is 0 Å². The van der Waals surface area contributed by atoms with Crippen LogP contribution in [0.5, 0.6) is 0 Å². The van der Waals surface area contributed by atoms with Crippen molar-refractivity contribution in [2.75, 3.05) is 12.3 Å². The van der Waals surface area contributed by atoms with Crippen molar-refractivity contribution in [3.63, 3.8) is 0 Å². The first kappa shape index (κ1) is 23.6. The van der Waals surface area contributed by atoms with Crippen LogP contribution in [0.2, 0.25) is 0 Å². The SMILES string of the molecule is [2H]C([2H])(OP(=O)(O)OP(=O)(O)OP(=O)(O)O)[C@H]1O[C@@H](n2cnc(N)nc2=O)C(F)(C#CC)[C@H]1O. The van der Waals surface area contributed by atoms with E-state index in [1.54, 1.807) is 0 Å². The average Bonchev–Trinajstić information content (AvgIpc) is 2.83. The van der Waals surface area contributed by atoms with Crippen molar-refractivity contribution in [1.82, 2.24) is 14.5 Å². The summed E-state index contributed by atoms with van der Waals surface area (Å²) in [5.41, 5.74) is 0.698. The Bertz CT molecular complexity index is 1220. The van der Waals surface area contributed by atoms with Gasteiger partial charge >= 0.3 is 29.2 Å². The van der Waals surface area contributed by atoms with Crippen molar-refractivity contribution < 1.29 is 63.4 Å². The van der Waals surface area contributed by atoms with Crippen LogP contribution >= 0.6 is 23.5 Å². The lowest BCUT2D eigenvalue weighted by molar-refractivity contribution is -0.0539. The van der Waals surface area contributed by atoms with Gasteiger partial charge in [0.15, 0.2) is 6.23 Å². The lowest BCUT2D eigenvalue weighted by atomic mass is 9.96. The van der Waals surface area contributed by atoms with Crippen LogP contribution in [-0.4, -0.2) is 63.7 Å². The molecule has 1 aromatic rings. The summed E-state index contributed by atoms with van der Waals surface area (Å²) in [5.74, 6) is 3.44. The fraction of sp³-hybridized carbons (Fsp3) is 0.545. The summed E-state index contributed by atoms with van der Waals surface area (Å²) < 4.78 is 81.5. The van der Waals surface area contributed by atoms with E-state index in [4.69, 9.17) is 27.9 Å². The van der Waals surface area contributed by atoms with Crippen molar-refractivity contribution in [3.05, 3.63) is 16.8 Å². The number of nitrogens with zero attached hydrogens (tertiary/aromatic N) is 3. The zero-order chi connectivity index (χ0) is 26.3. The summed E-state index contributed by atoms with van der Waals surface area (Å²) in [6.45, 7) is -2.63. The van der Waals surface area contributed by atoms with Gasteiger partial charge in [0, 0.05) is 0 Å². The number of aliphatic hydroxyl groups is 1. The van der Waals surface area contributed by atoms with E-state index in [1.165, 1.54) is 0 Å². The molecule has 7 N–H and O–H groups in total. The Labute approximate surface area is 180 Å². The van der Waals surface area contributed by atoms with Gasteiger partial charge in [0.05, 0.1) is 9.30 Å². The summed E-state index contributed by atoms with van der Waals surface area (Å²) in [6.07, 6.45) is -6.84. The number of anilines is 1. The van der Waals surface area contributed by atoms with Crippen molar-refractivity contribution in [2.45, 2.75) is 31.0 Å². The van der Waals surface area contributed by atoms with E-state index in [0.29, 0.717) is 10.9 Å². The Morgan fingerprint density at radius 3 is 2.50 bits per heavy atom. The third-order valence-electron chi connectivity index (χ3n) is 3.37. The highest BCUT2D eigenvalue weighted by Crippen LogP contribution is 2.66. The van der Waals surface area contributed by atoms with Crippen LogP contribution in [0.4, 0.5) is 10.3 Å². The van der Waals surface area contributed by atoms with E-state index < -0.39 is 65.8 Å². The number of phosphoric acid groups is 3. The topological polar surface area (TPSA) is 263 Å². The minimum Gasteiger partial charge on any atom is -0.386 e. The number of nitrogen functional groups attached to an aromatic ring is 1. The maximum absolute atomic E-state index is 15.6. The number of phosphoric ester groups is 1. The Balaban J connectivity index is 2.40. The lowest BCUT2D eigenvalue weighted by Gasteiger charge is -2.23. The zero-order valence-electron chi connectivity index (χ0n) is 17.5. The number of rotatable bonds is 8. The summed E-state index contributed by atoms with van der Waals surface area (Å²) in [5, 5.41) is 10.4. The Morgan fingerprint density at radius 1 is 1.34 bits per heavy atom. The summed E-state index contributed by atoms with van der Waals surface area (Å²) in [4.78, 5) is 54.5. The van der Waals surface area contributed by atoms with E-state index in [2.05, 4.69) is 29.0 Å². The summed E-state index contributed by atoms with van der Waals surface area (Å²) in [6, 6.07) is 0. The van der Waals surface area contributed by atoms with Gasteiger partial charge < -0.3 is 35.2 Å². The molecule has 2 heterocycles. The fourth-order valence-electron chi connectivity index (χ4n) is 2.30. The molecule has 0 saturated carbocycles. The van der Waals surface area contributed by atoms with Gasteiger partial charge in [-0.1, -0.05) is 5.92 Å². The maximum atomic E-state index is 15.6. The Kier molecular flexibility index (Phi) is 6.89. The number of aromatic nitrogens is 3. The van der Waals surface area contributed by atoms with Gasteiger partial charge in [-0.25, -0.2) is 27.9 Å². The van der Waals surface area contributed by atoms with E-state index >= 15 is 4.39 Å². The van der Waals surface area contributed by atoms with Crippen LogP contribution in [0.3, 0.4) is 0 Å². The third kappa shape index (κ3) is 6.49. The minimum absolute atomic E-state index is 0.338. The molecule has 1 aliphatic rings. The van der Waals surface area contributed by atoms with Crippen LogP contribution < -0.4 is 11.4 Å². The molecule has 1 aromatic heterocycles. The molecule has 6 atom stereocenters. The number of hydrogen-bond acceptors (Lipinski definition) is 12. The highest BCUT2D eigenvalue weighted by atomic mass is 31.3. The number of hydrogen-bond donors (Lipinski definition) is 6. The quantitative estimate of drug-likeness (QED) is 0.167. The van der Waals surface area contributed by atoms with Gasteiger partial charge in [-0.05, 0) is 6.92 Å². The molecule has 0 bridgehead atoms. The van der Waals surface area contributed by atoms with Crippen LogP contribution in [0, 0.1) is 11.8 Å². The average molecular weight is 526 g/mol. The first-order valence-corrected chi connectivity index (χ1v) is 12.3. The van der Waals surface area contributed by atoms with Gasteiger partial charge in [-0.2, -0.15) is 13.6 Å². The Hall–Kier alpha value is -1.57. The molecule has 32 heavy (non-hydrogen) atoms. The van der Waals surface area contributed by atoms with E-state index in [1.807, 2.05) is 5.92 Å². The third-order valence-corrected chi connectivity index (χ3v) is 7.03. The molecule has 1 saturated heterocycles. The number of halogens is 1. The standard InChI is InChI=1S/C11H16FN4O13P3/c1-2-3-11(12)7(17)6(27-8(11)16-5-14-9(13)15-10(16)18)4-26-31(22,23)29-32(24,25)28-30(19,20)21/h5-8,17H,4H2,1H3,(H,22,23)(H,24,25)(H2,13,15,18)(H2,19,20,21)/t6-,7+,8-,11?/m1/s1/i4D2.